The normalized spacial score (nSPS) is 10.8. The van der Waals surface area contributed by atoms with Gasteiger partial charge in [0.1, 0.15) is 5.75 Å². The van der Waals surface area contributed by atoms with Crippen molar-refractivity contribution in [2.45, 2.75) is 26.8 Å². The Labute approximate surface area is 168 Å². The van der Waals surface area contributed by atoms with E-state index in [1.54, 1.807) is 25.3 Å². The highest BCUT2D eigenvalue weighted by atomic mass is 32.1. The van der Waals surface area contributed by atoms with E-state index in [-0.39, 0.29) is 11.5 Å². The number of carbonyl (C=O) groups is 1. The van der Waals surface area contributed by atoms with Crippen molar-refractivity contribution in [1.29, 1.82) is 0 Å². The highest BCUT2D eigenvalue weighted by Gasteiger charge is 2.10. The van der Waals surface area contributed by atoms with Gasteiger partial charge >= 0.3 is 0 Å². The van der Waals surface area contributed by atoms with Crippen LogP contribution in [0.25, 0.3) is 10.9 Å². The van der Waals surface area contributed by atoms with Gasteiger partial charge in [0.25, 0.3) is 11.5 Å². The van der Waals surface area contributed by atoms with E-state index in [0.717, 1.165) is 16.9 Å². The lowest BCUT2D eigenvalue weighted by atomic mass is 10.1. The van der Waals surface area contributed by atoms with E-state index >= 15 is 0 Å². The number of carbonyl (C=O) groups excluding carboxylic acids is 1. The monoisotopic (exact) mass is 397 g/mol. The second-order valence-corrected chi connectivity index (χ2v) is 6.95. The predicted octanol–water partition coefficient (Wildman–Crippen LogP) is 3.37. The average Bonchev–Trinajstić information content (AvgIpc) is 2.68. The quantitative estimate of drug-likeness (QED) is 0.626. The molecule has 0 unspecified atom stereocenters. The Kier molecular flexibility index (Phi) is 5.94. The number of ether oxygens (including phenoxy) is 1. The van der Waals surface area contributed by atoms with Gasteiger partial charge in [0.2, 0.25) is 0 Å². The number of H-pyrrole nitrogens is 1. The first-order valence-corrected chi connectivity index (χ1v) is 9.54. The minimum Gasteiger partial charge on any atom is -0.496 e. The summed E-state index contributed by atoms with van der Waals surface area (Å²) in [6, 6.07) is 11.0. The molecule has 0 bridgehead atoms. The Morgan fingerprint density at radius 3 is 2.75 bits per heavy atom. The molecule has 0 aliphatic heterocycles. The fourth-order valence-electron chi connectivity index (χ4n) is 3.20. The van der Waals surface area contributed by atoms with Gasteiger partial charge in [-0.05, 0) is 62.3 Å². The van der Waals surface area contributed by atoms with Gasteiger partial charge in [0, 0.05) is 18.7 Å². The van der Waals surface area contributed by atoms with Gasteiger partial charge in [-0.2, -0.15) is 0 Å². The Morgan fingerprint density at radius 2 is 2.04 bits per heavy atom. The van der Waals surface area contributed by atoms with Crippen LogP contribution in [0.1, 0.15) is 28.4 Å². The van der Waals surface area contributed by atoms with Gasteiger partial charge in [-0.3, -0.25) is 14.2 Å². The molecule has 2 N–H and O–H groups in total. The van der Waals surface area contributed by atoms with E-state index < -0.39 is 0 Å². The molecule has 1 aromatic heterocycles. The third-order valence-corrected chi connectivity index (χ3v) is 5.00. The van der Waals surface area contributed by atoms with Crippen LogP contribution in [0, 0.1) is 11.7 Å². The van der Waals surface area contributed by atoms with Crippen molar-refractivity contribution in [1.82, 2.24) is 14.9 Å². The Bertz CT molecular complexity index is 1150. The lowest BCUT2D eigenvalue weighted by Gasteiger charge is -2.11. The van der Waals surface area contributed by atoms with E-state index in [0.29, 0.717) is 40.7 Å². The molecule has 0 fully saturated rings. The maximum atomic E-state index is 12.5. The Morgan fingerprint density at radius 1 is 1.25 bits per heavy atom. The molecular weight excluding hydrogens is 374 g/mol. The predicted molar refractivity (Wildman–Crippen MR) is 113 cm³/mol. The molecular formula is C21H23N3O3S. The van der Waals surface area contributed by atoms with E-state index in [2.05, 4.69) is 16.4 Å². The summed E-state index contributed by atoms with van der Waals surface area (Å²) in [5.41, 5.74) is 3.07. The molecule has 3 aromatic rings. The van der Waals surface area contributed by atoms with Gasteiger partial charge in [-0.25, -0.2) is 0 Å². The number of hydrogen-bond acceptors (Lipinski definition) is 4. The third kappa shape index (κ3) is 3.99. The maximum Gasteiger partial charge on any atom is 0.262 e. The molecule has 0 aliphatic carbocycles. The van der Waals surface area contributed by atoms with Crippen LogP contribution in [0.4, 0.5) is 0 Å². The van der Waals surface area contributed by atoms with E-state index in [1.165, 1.54) is 4.57 Å². The molecule has 1 amide bonds. The van der Waals surface area contributed by atoms with Crippen LogP contribution in [0.3, 0.4) is 0 Å². The summed E-state index contributed by atoms with van der Waals surface area (Å²) in [6.07, 6.45) is 0.661. The smallest absolute Gasteiger partial charge is 0.262 e. The topological polar surface area (TPSA) is 76.1 Å². The second-order valence-electron chi connectivity index (χ2n) is 6.56. The first kappa shape index (κ1) is 19.8. The first-order chi connectivity index (χ1) is 13.4. The molecule has 0 aliphatic rings. The number of rotatable bonds is 6. The van der Waals surface area contributed by atoms with Crippen LogP contribution in [-0.4, -0.2) is 29.1 Å². The molecule has 0 atom stereocenters. The zero-order valence-corrected chi connectivity index (χ0v) is 17.0. The molecule has 3 rings (SSSR count). The first-order valence-electron chi connectivity index (χ1n) is 9.13. The summed E-state index contributed by atoms with van der Waals surface area (Å²) in [4.78, 5) is 28.0. The van der Waals surface area contributed by atoms with Crippen LogP contribution in [0.2, 0.25) is 0 Å². The Balaban J connectivity index is 1.76. The number of aromatic nitrogens is 2. The van der Waals surface area contributed by atoms with Crippen LogP contribution < -0.4 is 15.6 Å². The summed E-state index contributed by atoms with van der Waals surface area (Å²) in [6.45, 7) is 4.85. The SMILES string of the molecule is CCn1c(=S)[nH]c2cc(C(=O)NCCc3cc(C)ccc3OC)ccc2c1=O. The molecule has 28 heavy (non-hydrogen) atoms. The molecule has 0 radical (unpaired) electrons. The fraction of sp³-hybridized carbons (Fsp3) is 0.286. The average molecular weight is 398 g/mol. The van der Waals surface area contributed by atoms with Crippen molar-refractivity contribution in [2.24, 2.45) is 0 Å². The summed E-state index contributed by atoms with van der Waals surface area (Å²) in [5, 5.41) is 3.43. The third-order valence-electron chi connectivity index (χ3n) is 4.68. The van der Waals surface area contributed by atoms with E-state index in [1.807, 2.05) is 26.0 Å². The highest BCUT2D eigenvalue weighted by molar-refractivity contribution is 7.71. The molecule has 0 spiro atoms. The van der Waals surface area contributed by atoms with Crippen LogP contribution in [0.5, 0.6) is 5.75 Å². The number of aryl methyl sites for hydroxylation is 1. The number of amides is 1. The molecule has 7 heteroatoms. The standard InChI is InChI=1S/C21H23N3O3S/c1-4-24-20(26)16-7-6-15(12-17(16)23-21(24)28)19(25)22-10-9-14-11-13(2)5-8-18(14)27-3/h5-8,11-12H,4,9-10H2,1-3H3,(H,22,25)(H,23,28). The number of hydrogen-bond donors (Lipinski definition) is 2. The van der Waals surface area contributed by atoms with E-state index in [4.69, 9.17) is 17.0 Å². The summed E-state index contributed by atoms with van der Waals surface area (Å²) in [5.74, 6) is 0.609. The molecule has 146 valence electrons. The fourth-order valence-corrected chi connectivity index (χ4v) is 3.52. The number of nitrogens with one attached hydrogen (secondary N) is 2. The molecule has 0 saturated carbocycles. The van der Waals surface area contributed by atoms with Crippen molar-refractivity contribution in [3.8, 4) is 5.75 Å². The zero-order valence-electron chi connectivity index (χ0n) is 16.2. The van der Waals surface area contributed by atoms with Crippen molar-refractivity contribution in [3.05, 3.63) is 68.2 Å². The van der Waals surface area contributed by atoms with Crippen molar-refractivity contribution < 1.29 is 9.53 Å². The highest BCUT2D eigenvalue weighted by Crippen LogP contribution is 2.20. The number of fused-ring (bicyclic) bond motifs is 1. The second kappa shape index (κ2) is 8.39. The molecule has 2 aromatic carbocycles. The van der Waals surface area contributed by atoms with Crippen LogP contribution >= 0.6 is 12.2 Å². The summed E-state index contributed by atoms with van der Waals surface area (Å²) in [7, 11) is 1.64. The zero-order chi connectivity index (χ0) is 20.3. The molecule has 0 saturated heterocycles. The van der Waals surface area contributed by atoms with Gasteiger partial charge < -0.3 is 15.0 Å². The lowest BCUT2D eigenvalue weighted by molar-refractivity contribution is 0.0954. The maximum absolute atomic E-state index is 12.5. The lowest BCUT2D eigenvalue weighted by Crippen LogP contribution is -2.26. The molecule has 1 heterocycles. The minimum absolute atomic E-state index is 0.153. The van der Waals surface area contributed by atoms with Crippen molar-refractivity contribution >= 4 is 29.0 Å². The van der Waals surface area contributed by atoms with Gasteiger partial charge in [0.05, 0.1) is 18.0 Å². The van der Waals surface area contributed by atoms with Crippen LogP contribution in [-0.2, 0) is 13.0 Å². The Hall–Kier alpha value is -2.93. The van der Waals surface area contributed by atoms with E-state index in [9.17, 15) is 9.59 Å². The largest absolute Gasteiger partial charge is 0.496 e. The van der Waals surface area contributed by atoms with Gasteiger partial charge in [-0.15, -0.1) is 0 Å². The summed E-state index contributed by atoms with van der Waals surface area (Å²) >= 11 is 5.23. The number of nitrogens with zero attached hydrogens (tertiary/aromatic N) is 1. The minimum atomic E-state index is -0.201. The van der Waals surface area contributed by atoms with Crippen molar-refractivity contribution in [3.63, 3.8) is 0 Å². The number of methoxy groups -OCH3 is 1. The van der Waals surface area contributed by atoms with Crippen LogP contribution in [0.15, 0.2) is 41.2 Å². The number of aromatic amines is 1. The number of benzene rings is 2. The summed E-state index contributed by atoms with van der Waals surface area (Å²) < 4.78 is 7.22. The van der Waals surface area contributed by atoms with Gasteiger partial charge in [0.15, 0.2) is 4.77 Å². The van der Waals surface area contributed by atoms with Crippen molar-refractivity contribution in [2.75, 3.05) is 13.7 Å². The molecule has 6 nitrogen and oxygen atoms in total. The van der Waals surface area contributed by atoms with Gasteiger partial charge in [-0.1, -0.05) is 17.7 Å².